The largest absolute Gasteiger partial charge is 0.481 e. The number of aliphatic hydroxyl groups is 3. The SMILES string of the molecule is CC[C@H](C)[C@H](CC(=O)[C@H]1CCCC[N+]1(C)Cc1ccc(O[C@@H]2O[C@H](C(=O)O)[C@@H](O)[C@H](O)[C@H]2O)c(NC(=O)CCN)c1)C(=O)N(C)[C@H](C[C@@H](OC(=O)C(C)C)c1nc(C(=O)N[C@@H](Cc2ccccc2)C[C@H](C)C(=O)O)cs1)C(C)C.COCCC(=O)NCCCC[C@H](NC(=O)OCC1c2ccccc2-c2ccccc21)C(C)=O. The number of alkyl carbamates (subject to hydrolysis) is 1. The predicted molar refractivity (Wildman–Crippen MR) is 419 cm³/mol. The van der Waals surface area contributed by atoms with Crippen molar-refractivity contribution < 1.29 is 102 Å². The number of anilines is 1. The van der Waals surface area contributed by atoms with Crippen LogP contribution in [0, 0.1) is 29.6 Å². The first kappa shape index (κ1) is 90.1. The van der Waals surface area contributed by atoms with E-state index >= 15 is 4.79 Å². The van der Waals surface area contributed by atoms with Gasteiger partial charge in [0, 0.05) is 94.2 Å². The Balaban J connectivity index is 0.000000436. The number of quaternary nitrogens is 1. The summed E-state index contributed by atoms with van der Waals surface area (Å²) in [5, 5.41) is 63.8. The van der Waals surface area contributed by atoms with Crippen LogP contribution in [0.4, 0.5) is 10.5 Å². The molecular formula is C83H115N8O20S+. The molecule has 5 amide bonds. The van der Waals surface area contributed by atoms with Gasteiger partial charge in [-0.3, -0.25) is 38.4 Å². The smallest absolute Gasteiger partial charge is 0.407 e. The number of aromatic nitrogens is 1. The molecule has 0 saturated carbocycles. The zero-order valence-corrected chi connectivity index (χ0v) is 67.0. The van der Waals surface area contributed by atoms with E-state index in [9.17, 15) is 68.7 Å². The molecule has 2 saturated heterocycles. The van der Waals surface area contributed by atoms with Crippen LogP contribution in [0.1, 0.15) is 182 Å². The fourth-order valence-corrected chi connectivity index (χ4v) is 15.5. The van der Waals surface area contributed by atoms with Gasteiger partial charge in [-0.15, -0.1) is 11.3 Å². The molecule has 2 fully saturated rings. The molecule has 0 bridgehead atoms. The molecule has 28 nitrogen and oxygen atoms in total. The molecule has 8 rings (SSSR count). The maximum atomic E-state index is 15.0. The lowest BCUT2D eigenvalue weighted by atomic mass is 9.82. The zero-order chi connectivity index (χ0) is 82.1. The van der Waals surface area contributed by atoms with Gasteiger partial charge >= 0.3 is 24.0 Å². The number of thiazole rings is 1. The molecule has 112 heavy (non-hydrogen) atoms. The summed E-state index contributed by atoms with van der Waals surface area (Å²) in [6.07, 6.45) is -5.31. The maximum Gasteiger partial charge on any atom is 0.407 e. The van der Waals surface area contributed by atoms with E-state index in [0.29, 0.717) is 75.3 Å². The van der Waals surface area contributed by atoms with Crippen molar-refractivity contribution >= 4 is 76.2 Å². The van der Waals surface area contributed by atoms with Gasteiger partial charge in [0.2, 0.25) is 24.0 Å². The molecule has 1 aromatic heterocycles. The number of Topliss-reactive ketones (excluding diaryl/α,β-unsaturated/α-hetero) is 2. The van der Waals surface area contributed by atoms with Crippen molar-refractivity contribution in [3.63, 3.8) is 0 Å². The summed E-state index contributed by atoms with van der Waals surface area (Å²) in [6.45, 7) is 16.4. The first-order valence-electron chi connectivity index (χ1n) is 38.8. The number of nitrogens with zero attached hydrogens (tertiary/aromatic N) is 3. The lowest BCUT2D eigenvalue weighted by molar-refractivity contribution is -0.941. The van der Waals surface area contributed by atoms with Gasteiger partial charge in [0.25, 0.3) is 5.91 Å². The summed E-state index contributed by atoms with van der Waals surface area (Å²) in [5.41, 5.74) is 12.1. The molecule has 1 unspecified atom stereocenters. The summed E-state index contributed by atoms with van der Waals surface area (Å²) in [4.78, 5) is 136. The number of piperidine rings is 1. The molecule has 3 aliphatic rings. The average molecular weight is 1580 g/mol. The lowest BCUT2D eigenvalue weighted by Gasteiger charge is -2.45. The van der Waals surface area contributed by atoms with Crippen LogP contribution < -0.4 is 31.7 Å². The van der Waals surface area contributed by atoms with Gasteiger partial charge < -0.3 is 85.6 Å². The van der Waals surface area contributed by atoms with Gasteiger partial charge in [-0.05, 0) is 110 Å². The number of aliphatic carboxylic acids is 2. The van der Waals surface area contributed by atoms with Crippen molar-refractivity contribution in [3.8, 4) is 16.9 Å². The molecule has 3 heterocycles. The third kappa shape index (κ3) is 25.2. The second-order valence-electron chi connectivity index (χ2n) is 30.5. The molecule has 4 aromatic carbocycles. The number of fused-ring (bicyclic) bond motifs is 3. The van der Waals surface area contributed by atoms with Crippen LogP contribution in [0.25, 0.3) is 11.1 Å². The fraction of sp³-hybridized carbons (Fsp3) is 0.554. The van der Waals surface area contributed by atoms with Crippen LogP contribution in [0.3, 0.4) is 0 Å². The number of ketones is 2. The monoisotopic (exact) mass is 1580 g/mol. The highest BCUT2D eigenvalue weighted by molar-refractivity contribution is 7.09. The number of nitrogens with two attached hydrogens (primary N) is 1. The number of nitrogens with one attached hydrogen (secondary N) is 4. The summed E-state index contributed by atoms with van der Waals surface area (Å²) in [5.74, 6) is -6.91. The number of carboxylic acid groups (broad SMARTS) is 2. The number of hydrogen-bond acceptors (Lipinski definition) is 21. The Bertz CT molecular complexity index is 3940. The number of rotatable bonds is 40. The number of hydrogen-bond donors (Lipinski definition) is 10. The summed E-state index contributed by atoms with van der Waals surface area (Å²) >= 11 is 1.15. The summed E-state index contributed by atoms with van der Waals surface area (Å²) in [7, 11) is 5.24. The number of methoxy groups -OCH3 is 1. The van der Waals surface area contributed by atoms with Crippen molar-refractivity contribution in [2.75, 3.05) is 59.4 Å². The Morgan fingerprint density at radius 1 is 0.795 bits per heavy atom. The minimum absolute atomic E-state index is 0.0272. The van der Waals surface area contributed by atoms with E-state index in [-0.39, 0.29) is 102 Å². The molecule has 1 aliphatic carbocycles. The standard InChI is InChI=1S/C57H82N6O15S.C26H32N2O5/c1-10-33(6)38(27-43(64)42-18-14-15-23-63(42,9)29-36-19-20-44(39(26-36)60-46(65)21-22-58)77-57-49(68)47(66)48(67)50(78-57)55(73)74)53(70)62(8)41(31(2)3)28-45(76-56(75)32(4)5)52-61-40(30-79-52)51(69)59-37(24-34(7)54(71)72)25-35-16-12-11-13-17-35;1-18(29)24(13-7-8-15-27-25(30)14-16-32-2)28-26(31)33-17-23-21-11-5-3-9-19(21)20-10-4-6-12-22(20)23/h11-13,16-17,19-20,26,30-34,37-38,41-42,45,47-50,57,66-68H,10,14-15,18,21-25,27-29,58H2,1-9H3,(H3-,59,60,65,69,71,72,73,74);3-6,9-12,23-24H,7-8,13-17H2,1-2H3,(H,27,30)(H,28,31)/p+1/t33-,34-,37+,38-,41+,42+,45+,47-,48-,49+,50-,57+,63?;24-/m00/s1. The van der Waals surface area contributed by atoms with Crippen molar-refractivity contribution in [1.29, 1.82) is 0 Å². The number of benzene rings is 4. The van der Waals surface area contributed by atoms with E-state index in [0.717, 1.165) is 58.4 Å². The van der Waals surface area contributed by atoms with Gasteiger partial charge in [-0.2, -0.15) is 0 Å². The minimum atomic E-state index is -1.94. The fourth-order valence-electron chi connectivity index (χ4n) is 14.6. The van der Waals surface area contributed by atoms with Gasteiger partial charge in [-0.25, -0.2) is 14.6 Å². The molecule has 11 N–H and O–H groups in total. The predicted octanol–water partition coefficient (Wildman–Crippen LogP) is 8.89. The van der Waals surface area contributed by atoms with Crippen LogP contribution in [-0.4, -0.2) is 208 Å². The Kier molecular flexibility index (Phi) is 34.8. The second kappa shape index (κ2) is 43.3. The van der Waals surface area contributed by atoms with E-state index in [1.165, 1.54) is 13.0 Å². The van der Waals surface area contributed by atoms with E-state index in [1.54, 1.807) is 57.3 Å². The molecular weight excluding hydrogens is 1460 g/mol. The highest BCUT2D eigenvalue weighted by Crippen LogP contribution is 2.45. The van der Waals surface area contributed by atoms with Crippen molar-refractivity contribution in [1.82, 2.24) is 25.8 Å². The van der Waals surface area contributed by atoms with Gasteiger partial charge in [-0.1, -0.05) is 134 Å². The third-order valence-corrected chi connectivity index (χ3v) is 22.3. The Labute approximate surface area is 659 Å². The van der Waals surface area contributed by atoms with Gasteiger partial charge in [0.15, 0.2) is 23.8 Å². The number of amides is 5. The first-order chi connectivity index (χ1) is 53.3. The minimum Gasteiger partial charge on any atom is -0.481 e. The Morgan fingerprint density at radius 3 is 2.08 bits per heavy atom. The molecule has 0 radical (unpaired) electrons. The van der Waals surface area contributed by atoms with E-state index < -0.39 is 115 Å². The normalized spacial score (nSPS) is 20.5. The van der Waals surface area contributed by atoms with Crippen LogP contribution >= 0.6 is 11.3 Å². The van der Waals surface area contributed by atoms with Gasteiger partial charge in [0.1, 0.15) is 54.0 Å². The summed E-state index contributed by atoms with van der Waals surface area (Å²) in [6, 6.07) is 28.4. The maximum absolute atomic E-state index is 15.0. The number of ether oxygens (including phenoxy) is 5. The van der Waals surface area contributed by atoms with Crippen molar-refractivity contribution in [2.45, 2.75) is 212 Å². The first-order valence-corrected chi connectivity index (χ1v) is 39.6. The van der Waals surface area contributed by atoms with Crippen LogP contribution in [0.5, 0.6) is 5.75 Å². The lowest BCUT2D eigenvalue weighted by Crippen LogP contribution is -2.61. The highest BCUT2D eigenvalue weighted by Gasteiger charge is 2.49. The van der Waals surface area contributed by atoms with E-state index in [1.807, 2.05) is 89.3 Å². The molecule has 2 aliphatic heterocycles. The number of carbonyl (C=O) groups is 10. The Hall–Kier alpha value is -9.07. The number of unbranched alkanes of at least 4 members (excludes halogenated alkanes) is 1. The van der Waals surface area contributed by atoms with Crippen molar-refractivity contribution in [3.05, 3.63) is 135 Å². The molecule has 14 atom stereocenters. The van der Waals surface area contributed by atoms with Crippen molar-refractivity contribution in [2.24, 2.45) is 35.3 Å². The van der Waals surface area contributed by atoms with Gasteiger partial charge in [0.05, 0.1) is 43.8 Å². The second-order valence-corrected chi connectivity index (χ2v) is 31.4. The third-order valence-electron chi connectivity index (χ3n) is 21.3. The van der Waals surface area contributed by atoms with Crippen LogP contribution in [0.2, 0.25) is 0 Å². The molecule has 0 spiro atoms. The topological polar surface area (TPSA) is 408 Å². The van der Waals surface area contributed by atoms with Crippen LogP contribution in [0.15, 0.2) is 102 Å². The zero-order valence-electron chi connectivity index (χ0n) is 66.2. The number of likely N-dealkylation sites (N-methyl/N-ethyl adjacent to an activating group) is 1. The number of esters is 1. The van der Waals surface area contributed by atoms with Crippen LogP contribution in [-0.2, 0) is 70.3 Å². The average Bonchev–Trinajstić information content (AvgIpc) is 1.70. The highest BCUT2D eigenvalue weighted by atomic mass is 32.1. The molecule has 5 aromatic rings. The number of aliphatic hydroxyl groups excluding tert-OH is 3. The quantitative estimate of drug-likeness (QED) is 0.00993. The molecule has 612 valence electrons. The van der Waals surface area contributed by atoms with E-state index in [2.05, 4.69) is 50.5 Å². The van der Waals surface area contributed by atoms with E-state index in [4.69, 9.17) is 29.4 Å². The summed E-state index contributed by atoms with van der Waals surface area (Å²) < 4.78 is 28.0. The number of likely N-dealkylation sites (tertiary alicyclic amines) is 1. The Morgan fingerprint density at radius 2 is 1.46 bits per heavy atom. The number of carbonyl (C=O) groups excluding carboxylic acids is 8. The molecule has 29 heteroatoms. The number of carboxylic acids is 2.